The van der Waals surface area contributed by atoms with Crippen molar-refractivity contribution in [3.05, 3.63) is 29.8 Å². The van der Waals surface area contributed by atoms with Crippen LogP contribution >= 0.6 is 0 Å². The van der Waals surface area contributed by atoms with E-state index in [9.17, 15) is 9.59 Å². The number of hydrogen-bond acceptors (Lipinski definition) is 3. The summed E-state index contributed by atoms with van der Waals surface area (Å²) in [5.41, 5.74) is 0.684. The molecule has 0 aromatic heterocycles. The average molecular weight is 358 g/mol. The third kappa shape index (κ3) is 4.57. The van der Waals surface area contributed by atoms with E-state index in [-0.39, 0.29) is 11.8 Å². The summed E-state index contributed by atoms with van der Waals surface area (Å²) in [5.74, 6) is 1.36. The van der Waals surface area contributed by atoms with Gasteiger partial charge in [-0.05, 0) is 43.5 Å². The molecular weight excluding hydrogens is 328 g/mol. The topological polar surface area (TPSA) is 49.9 Å². The SMILES string of the molecule is CCCCOc1ccc(C(=O)N2CCN(C(=O)C3CCCC3)CC2)cc1. The molecule has 26 heavy (non-hydrogen) atoms. The number of ether oxygens (including phenoxy) is 1. The molecule has 1 aliphatic carbocycles. The monoisotopic (exact) mass is 358 g/mol. The first-order chi connectivity index (χ1) is 12.7. The first-order valence-corrected chi connectivity index (χ1v) is 10.00. The summed E-state index contributed by atoms with van der Waals surface area (Å²) in [4.78, 5) is 29.0. The molecule has 0 spiro atoms. The third-order valence-electron chi connectivity index (χ3n) is 5.45. The quantitative estimate of drug-likeness (QED) is 0.733. The Hall–Kier alpha value is -2.04. The Morgan fingerprint density at radius 1 is 1.00 bits per heavy atom. The van der Waals surface area contributed by atoms with Gasteiger partial charge in [-0.3, -0.25) is 9.59 Å². The Labute approximate surface area is 156 Å². The van der Waals surface area contributed by atoms with Gasteiger partial charge < -0.3 is 14.5 Å². The van der Waals surface area contributed by atoms with E-state index in [4.69, 9.17) is 4.74 Å². The molecule has 1 saturated heterocycles. The van der Waals surface area contributed by atoms with Crippen LogP contribution in [0.1, 0.15) is 55.8 Å². The highest BCUT2D eigenvalue weighted by molar-refractivity contribution is 5.94. The molecule has 0 bridgehead atoms. The smallest absolute Gasteiger partial charge is 0.253 e. The van der Waals surface area contributed by atoms with Crippen molar-refractivity contribution in [3.8, 4) is 5.75 Å². The molecule has 1 aromatic carbocycles. The molecule has 2 fully saturated rings. The second-order valence-electron chi connectivity index (χ2n) is 7.33. The average Bonchev–Trinajstić information content (AvgIpc) is 3.23. The number of benzene rings is 1. The van der Waals surface area contributed by atoms with Crippen LogP contribution in [0, 0.1) is 5.92 Å². The zero-order valence-electron chi connectivity index (χ0n) is 15.8. The van der Waals surface area contributed by atoms with Gasteiger partial charge in [0.15, 0.2) is 0 Å². The molecule has 0 unspecified atom stereocenters. The van der Waals surface area contributed by atoms with Gasteiger partial charge in [0, 0.05) is 37.7 Å². The largest absolute Gasteiger partial charge is 0.494 e. The minimum atomic E-state index is 0.0399. The van der Waals surface area contributed by atoms with Crippen LogP contribution in [0.2, 0.25) is 0 Å². The second-order valence-corrected chi connectivity index (χ2v) is 7.33. The molecule has 2 aliphatic rings. The zero-order valence-corrected chi connectivity index (χ0v) is 15.8. The summed E-state index contributed by atoms with van der Waals surface area (Å²) in [5, 5.41) is 0. The fraction of sp³-hybridized carbons (Fsp3) is 0.619. The number of nitrogens with zero attached hydrogens (tertiary/aromatic N) is 2. The van der Waals surface area contributed by atoms with Crippen LogP contribution in [-0.2, 0) is 4.79 Å². The Morgan fingerprint density at radius 2 is 1.62 bits per heavy atom. The fourth-order valence-corrected chi connectivity index (χ4v) is 3.77. The van der Waals surface area contributed by atoms with Crippen LogP contribution < -0.4 is 4.74 Å². The number of rotatable bonds is 6. The summed E-state index contributed by atoms with van der Waals surface area (Å²) >= 11 is 0. The van der Waals surface area contributed by atoms with E-state index in [2.05, 4.69) is 6.92 Å². The second kappa shape index (κ2) is 9.06. The first kappa shape index (κ1) is 18.7. The highest BCUT2D eigenvalue weighted by Gasteiger charge is 2.30. The number of piperazine rings is 1. The van der Waals surface area contributed by atoms with Gasteiger partial charge >= 0.3 is 0 Å². The highest BCUT2D eigenvalue weighted by Crippen LogP contribution is 2.27. The molecule has 5 heteroatoms. The van der Waals surface area contributed by atoms with Crippen molar-refractivity contribution in [3.63, 3.8) is 0 Å². The van der Waals surface area contributed by atoms with Gasteiger partial charge in [-0.1, -0.05) is 26.2 Å². The minimum absolute atomic E-state index is 0.0399. The molecule has 1 heterocycles. The van der Waals surface area contributed by atoms with Gasteiger partial charge in [0.05, 0.1) is 6.61 Å². The number of carbonyl (C=O) groups is 2. The van der Waals surface area contributed by atoms with E-state index in [0.29, 0.717) is 44.3 Å². The van der Waals surface area contributed by atoms with Crippen LogP contribution in [-0.4, -0.2) is 54.4 Å². The molecule has 0 radical (unpaired) electrons. The van der Waals surface area contributed by atoms with E-state index >= 15 is 0 Å². The molecule has 3 rings (SSSR count). The minimum Gasteiger partial charge on any atom is -0.494 e. The van der Waals surface area contributed by atoms with Crippen LogP contribution in [0.25, 0.3) is 0 Å². The van der Waals surface area contributed by atoms with Crippen molar-refractivity contribution >= 4 is 11.8 Å². The predicted octanol–water partition coefficient (Wildman–Crippen LogP) is 3.34. The van der Waals surface area contributed by atoms with Crippen molar-refractivity contribution in [2.24, 2.45) is 5.92 Å². The van der Waals surface area contributed by atoms with Gasteiger partial charge in [0.1, 0.15) is 5.75 Å². The van der Waals surface area contributed by atoms with Crippen LogP contribution in [0.3, 0.4) is 0 Å². The van der Waals surface area contributed by atoms with Crippen LogP contribution in [0.4, 0.5) is 0 Å². The van der Waals surface area contributed by atoms with Crippen molar-refractivity contribution in [2.75, 3.05) is 32.8 Å². The zero-order chi connectivity index (χ0) is 18.4. The van der Waals surface area contributed by atoms with Crippen LogP contribution in [0.5, 0.6) is 5.75 Å². The molecule has 0 N–H and O–H groups in total. The van der Waals surface area contributed by atoms with E-state index in [1.165, 1.54) is 12.8 Å². The van der Waals surface area contributed by atoms with Gasteiger partial charge in [-0.15, -0.1) is 0 Å². The normalized spacial score (nSPS) is 18.2. The molecule has 2 amide bonds. The maximum Gasteiger partial charge on any atom is 0.253 e. The first-order valence-electron chi connectivity index (χ1n) is 10.00. The highest BCUT2D eigenvalue weighted by atomic mass is 16.5. The van der Waals surface area contributed by atoms with Crippen molar-refractivity contribution < 1.29 is 14.3 Å². The van der Waals surface area contributed by atoms with E-state index in [1.54, 1.807) is 0 Å². The molecule has 142 valence electrons. The Balaban J connectivity index is 1.49. The van der Waals surface area contributed by atoms with Crippen molar-refractivity contribution in [1.29, 1.82) is 0 Å². The maximum atomic E-state index is 12.7. The number of unbranched alkanes of at least 4 members (excludes halogenated alkanes) is 1. The Bertz CT molecular complexity index is 600. The summed E-state index contributed by atoms with van der Waals surface area (Å²) < 4.78 is 5.65. The molecule has 1 aliphatic heterocycles. The third-order valence-corrected chi connectivity index (χ3v) is 5.45. The van der Waals surface area contributed by atoms with Gasteiger partial charge in [-0.2, -0.15) is 0 Å². The van der Waals surface area contributed by atoms with Gasteiger partial charge in [0.2, 0.25) is 5.91 Å². The number of amides is 2. The van der Waals surface area contributed by atoms with Crippen LogP contribution in [0.15, 0.2) is 24.3 Å². The fourth-order valence-electron chi connectivity index (χ4n) is 3.77. The number of hydrogen-bond donors (Lipinski definition) is 0. The van der Waals surface area contributed by atoms with E-state index < -0.39 is 0 Å². The standard InChI is InChI=1S/C21H30N2O3/c1-2-3-16-26-19-10-8-18(9-11-19)21(25)23-14-12-22(13-15-23)20(24)17-6-4-5-7-17/h8-11,17H,2-7,12-16H2,1H3. The molecule has 1 saturated carbocycles. The Morgan fingerprint density at radius 3 is 2.23 bits per heavy atom. The van der Waals surface area contributed by atoms with Crippen molar-refractivity contribution in [2.45, 2.75) is 45.4 Å². The number of carbonyl (C=O) groups excluding carboxylic acids is 2. The predicted molar refractivity (Wildman–Crippen MR) is 101 cm³/mol. The lowest BCUT2D eigenvalue weighted by Crippen LogP contribution is -2.51. The molecule has 1 aromatic rings. The lowest BCUT2D eigenvalue weighted by molar-refractivity contribution is -0.136. The summed E-state index contributed by atoms with van der Waals surface area (Å²) in [7, 11) is 0. The summed E-state index contributed by atoms with van der Waals surface area (Å²) in [6, 6.07) is 7.39. The van der Waals surface area contributed by atoms with E-state index in [0.717, 1.165) is 31.4 Å². The summed E-state index contributed by atoms with van der Waals surface area (Å²) in [6.07, 6.45) is 6.55. The van der Waals surface area contributed by atoms with E-state index in [1.807, 2.05) is 34.1 Å². The molecular formula is C21H30N2O3. The lowest BCUT2D eigenvalue weighted by atomic mass is 10.1. The Kier molecular flexibility index (Phi) is 6.53. The summed E-state index contributed by atoms with van der Waals surface area (Å²) in [6.45, 7) is 5.38. The lowest BCUT2D eigenvalue weighted by Gasteiger charge is -2.36. The molecule has 0 atom stereocenters. The van der Waals surface area contributed by atoms with Gasteiger partial charge in [0.25, 0.3) is 5.91 Å². The van der Waals surface area contributed by atoms with Gasteiger partial charge in [-0.25, -0.2) is 0 Å². The maximum absolute atomic E-state index is 12.7. The van der Waals surface area contributed by atoms with Crippen molar-refractivity contribution in [1.82, 2.24) is 9.80 Å². The molecule has 5 nitrogen and oxygen atoms in total.